The number of benzene rings is 2. The number of ether oxygens (including phenoxy) is 4. The molecule has 18 nitrogen and oxygen atoms in total. The number of hydrogen-bond donors (Lipinski definition) is 4. The van der Waals surface area contributed by atoms with Crippen molar-refractivity contribution in [2.45, 2.75) is 147 Å². The number of rotatable bonds is 11. The number of carbonyl (C=O) groups excluding carboxylic acids is 4. The molecule has 4 fully saturated rings. The van der Waals surface area contributed by atoms with Crippen molar-refractivity contribution in [3.05, 3.63) is 87.4 Å². The number of piperidine rings is 1. The first kappa shape index (κ1) is 50.6. The van der Waals surface area contributed by atoms with Gasteiger partial charge in [0.25, 0.3) is 0 Å². The summed E-state index contributed by atoms with van der Waals surface area (Å²) in [5.74, 6) is 1.00. The van der Waals surface area contributed by atoms with E-state index >= 15 is 4.39 Å². The summed E-state index contributed by atoms with van der Waals surface area (Å²) in [5.41, 5.74) is 4.60. The Morgan fingerprint density at radius 2 is 1.60 bits per heavy atom. The first-order valence-corrected chi connectivity index (χ1v) is 27.1. The lowest BCUT2D eigenvalue weighted by atomic mass is 9.82. The van der Waals surface area contributed by atoms with E-state index in [-0.39, 0.29) is 47.2 Å². The summed E-state index contributed by atoms with van der Waals surface area (Å²) in [5, 5.41) is 6.56. The molecule has 6 aliphatic rings. The smallest absolute Gasteiger partial charge is 0.407 e. The molecule has 1 aliphatic carbocycles. The third kappa shape index (κ3) is 9.39. The summed E-state index contributed by atoms with van der Waals surface area (Å²) in [4.78, 5) is 81.7. The van der Waals surface area contributed by atoms with Crippen LogP contribution in [0.3, 0.4) is 0 Å². The van der Waals surface area contributed by atoms with Gasteiger partial charge in [0.2, 0.25) is 18.0 Å². The van der Waals surface area contributed by atoms with E-state index in [0.29, 0.717) is 79.0 Å². The van der Waals surface area contributed by atoms with E-state index in [1.807, 2.05) is 57.1 Å². The van der Waals surface area contributed by atoms with Gasteiger partial charge in [0.1, 0.15) is 35.3 Å². The number of imidazole rings is 2. The molecule has 4 amide bonds. The normalized spacial score (nSPS) is 25.2. The minimum absolute atomic E-state index is 0.0785. The molecule has 1 saturated carbocycles. The summed E-state index contributed by atoms with van der Waals surface area (Å²) in [6, 6.07) is 7.13. The topological polar surface area (TPSA) is 209 Å². The number of fused-ring (bicyclic) bond motifs is 6. The van der Waals surface area contributed by atoms with Gasteiger partial charge in [-0.1, -0.05) is 40.7 Å². The van der Waals surface area contributed by atoms with Gasteiger partial charge in [-0.25, -0.2) is 28.9 Å². The van der Waals surface area contributed by atoms with Crippen molar-refractivity contribution in [1.82, 2.24) is 45.4 Å². The van der Waals surface area contributed by atoms with Crippen LogP contribution in [0.15, 0.2) is 48.9 Å². The van der Waals surface area contributed by atoms with Gasteiger partial charge in [-0.05, 0) is 112 Å². The third-order valence-electron chi connectivity index (χ3n) is 16.1. The molecule has 11 rings (SSSR count). The Labute approximate surface area is 439 Å². The maximum absolute atomic E-state index is 17.1. The zero-order valence-electron chi connectivity index (χ0n) is 44.0. The molecule has 398 valence electrons. The quantitative estimate of drug-likeness (QED) is 0.0976. The lowest BCUT2D eigenvalue weighted by Crippen LogP contribution is -2.55. The van der Waals surface area contributed by atoms with Crippen LogP contribution in [0.5, 0.6) is 5.75 Å². The highest BCUT2D eigenvalue weighted by molar-refractivity contribution is 7.11. The molecule has 2 aromatic carbocycles. The highest BCUT2D eigenvalue weighted by atomic mass is 32.1. The Morgan fingerprint density at radius 1 is 0.880 bits per heavy atom. The van der Waals surface area contributed by atoms with Gasteiger partial charge < -0.3 is 54.2 Å². The number of methoxy groups -OCH3 is 2. The fraction of sp³-hybridized carbons (Fsp3) is 0.545. The number of alkyl carbamates (subject to hydrolysis) is 2. The van der Waals surface area contributed by atoms with E-state index < -0.39 is 48.0 Å². The molecular formula is C55H67FN10O8S. The van der Waals surface area contributed by atoms with Crippen LogP contribution >= 0.6 is 11.3 Å². The number of hydrogen-bond acceptors (Lipinski definition) is 13. The summed E-state index contributed by atoms with van der Waals surface area (Å²) >= 11 is 1.59. The van der Waals surface area contributed by atoms with Crippen LogP contribution < -0.4 is 20.3 Å². The molecule has 8 heterocycles. The second-order valence-corrected chi connectivity index (χ2v) is 24.1. The number of H-pyrrole nitrogens is 2. The molecule has 3 saturated heterocycles. The number of aromatic nitrogens is 5. The number of anilines is 1. The van der Waals surface area contributed by atoms with Crippen molar-refractivity contribution in [2.24, 2.45) is 17.8 Å². The minimum Gasteiger partial charge on any atom is -0.465 e. The van der Waals surface area contributed by atoms with Gasteiger partial charge in [0.05, 0.1) is 77.2 Å². The van der Waals surface area contributed by atoms with Crippen molar-refractivity contribution >= 4 is 41.0 Å². The Hall–Kier alpha value is -6.54. The van der Waals surface area contributed by atoms with E-state index in [0.717, 1.165) is 51.7 Å². The Morgan fingerprint density at radius 3 is 2.29 bits per heavy atom. The van der Waals surface area contributed by atoms with Crippen molar-refractivity contribution in [3.63, 3.8) is 0 Å². The SMILES string of the molecule is COC(=O)NC(C(=O)N1[C@@H]2C[C@@H]2C[C@H]1c1ncc(-c2ccc3c(c2)CC2c4c(F)cc(-c5cnc([C@@H]6CCCN6C(=O)[C@@H](NC(=O)OC)C(C)C)[nH]5)cc4OC(c4cnc(C(C)(C)C)s4)N32)[nH]1)C1CCOC(C)(C)C1. The first-order valence-electron chi connectivity index (χ1n) is 26.2. The van der Waals surface area contributed by atoms with Crippen LogP contribution in [0, 0.1) is 23.6 Å². The minimum atomic E-state index is -0.775. The summed E-state index contributed by atoms with van der Waals surface area (Å²) in [6.45, 7) is 15.2. The Kier molecular flexibility index (Phi) is 13.0. The molecule has 4 N–H and O–H groups in total. The number of nitrogens with one attached hydrogen (secondary N) is 4. The maximum atomic E-state index is 17.1. The molecule has 5 aromatic rings. The Bertz CT molecular complexity index is 3040. The summed E-state index contributed by atoms with van der Waals surface area (Å²) in [6.07, 6.45) is 8.33. The largest absolute Gasteiger partial charge is 0.465 e. The third-order valence-corrected chi connectivity index (χ3v) is 17.5. The lowest BCUT2D eigenvalue weighted by molar-refractivity contribution is -0.140. The highest BCUT2D eigenvalue weighted by Crippen LogP contribution is 2.56. The fourth-order valence-electron chi connectivity index (χ4n) is 12.3. The zero-order valence-corrected chi connectivity index (χ0v) is 44.8. The summed E-state index contributed by atoms with van der Waals surface area (Å²) in [7, 11) is 2.58. The molecule has 4 unspecified atom stereocenters. The van der Waals surface area contributed by atoms with E-state index in [2.05, 4.69) is 58.4 Å². The van der Waals surface area contributed by atoms with E-state index in [1.54, 1.807) is 22.4 Å². The number of aromatic amines is 2. The van der Waals surface area contributed by atoms with Gasteiger partial charge >= 0.3 is 12.2 Å². The van der Waals surface area contributed by atoms with Crippen molar-refractivity contribution in [1.29, 1.82) is 0 Å². The first-order chi connectivity index (χ1) is 35.8. The number of thiazole rings is 1. The zero-order chi connectivity index (χ0) is 52.8. The van der Waals surface area contributed by atoms with Crippen LogP contribution in [0.4, 0.5) is 19.7 Å². The van der Waals surface area contributed by atoms with Gasteiger partial charge in [0, 0.05) is 42.1 Å². The molecule has 9 atom stereocenters. The van der Waals surface area contributed by atoms with E-state index in [9.17, 15) is 19.2 Å². The van der Waals surface area contributed by atoms with Crippen molar-refractivity contribution in [3.8, 4) is 28.3 Å². The molecule has 5 aliphatic heterocycles. The summed E-state index contributed by atoms with van der Waals surface area (Å²) < 4.78 is 39.9. The highest BCUT2D eigenvalue weighted by Gasteiger charge is 2.57. The molecule has 75 heavy (non-hydrogen) atoms. The lowest BCUT2D eigenvalue weighted by Gasteiger charge is -2.40. The van der Waals surface area contributed by atoms with Crippen LogP contribution in [0.1, 0.15) is 144 Å². The van der Waals surface area contributed by atoms with Crippen molar-refractivity contribution < 1.29 is 42.5 Å². The number of amides is 4. The average Bonchev–Trinajstić information content (AvgIpc) is 4.17. The average molecular weight is 1050 g/mol. The molecule has 0 radical (unpaired) electrons. The van der Waals surface area contributed by atoms with Gasteiger partial charge in [-0.2, -0.15) is 0 Å². The number of carbonyl (C=O) groups is 4. The second kappa shape index (κ2) is 19.2. The maximum Gasteiger partial charge on any atom is 0.407 e. The van der Waals surface area contributed by atoms with Crippen LogP contribution in [0.2, 0.25) is 0 Å². The molecular weight excluding hydrogens is 980 g/mol. The van der Waals surface area contributed by atoms with E-state index in [1.165, 1.54) is 20.3 Å². The molecule has 20 heteroatoms. The molecule has 3 aromatic heterocycles. The standard InChI is InChI=1S/C55H67FN10O8S/c1-27(2)44(62-52(69)71-8)48(67)64-15-10-11-37(64)46-57-25-35(61-46)30-18-33(56)43-39-20-31-17-28(12-13-36(31)66(39)50(74-41(43)22-30)42-26-59-51(75-42)54(3,4)5)34-24-58-47(60-34)40-21-32-19-38(32)65(40)49(68)45(63-53(70)72-9)29-14-16-73-55(6,7)23-29/h12-13,17-18,22,24-27,29,32,37-40,44-45,50H,10-11,14-16,19-21,23H2,1-9H3,(H,57,61)(H,58,60)(H,62,69)(H,63,70)/t29?,32-,37+,38-,39?,40+,44+,45?,50?/m1/s1. The number of halogens is 1. The van der Waals surface area contributed by atoms with Gasteiger partial charge in [0.15, 0.2) is 0 Å². The number of likely N-dealkylation sites (tertiary alicyclic amines) is 2. The van der Waals surface area contributed by atoms with Crippen LogP contribution in [-0.4, -0.2) is 110 Å². The van der Waals surface area contributed by atoms with E-state index in [4.69, 9.17) is 33.9 Å². The predicted octanol–water partition coefficient (Wildman–Crippen LogP) is 9.19. The van der Waals surface area contributed by atoms with Crippen molar-refractivity contribution in [2.75, 3.05) is 32.3 Å². The molecule has 0 bridgehead atoms. The molecule has 0 spiro atoms. The van der Waals surface area contributed by atoms with Gasteiger partial charge in [-0.3, -0.25) is 9.59 Å². The number of nitrogens with zero attached hydrogens (tertiary/aromatic N) is 6. The van der Waals surface area contributed by atoms with Crippen LogP contribution in [-0.2, 0) is 35.6 Å². The second-order valence-electron chi connectivity index (χ2n) is 23.1. The Balaban J connectivity index is 0.877. The monoisotopic (exact) mass is 1050 g/mol. The van der Waals surface area contributed by atoms with Crippen LogP contribution in [0.25, 0.3) is 22.5 Å². The predicted molar refractivity (Wildman–Crippen MR) is 277 cm³/mol. The fourth-order valence-corrected chi connectivity index (χ4v) is 13.3. The van der Waals surface area contributed by atoms with Gasteiger partial charge in [-0.15, -0.1) is 11.3 Å².